The van der Waals surface area contributed by atoms with E-state index in [1.807, 2.05) is 6.07 Å². The molecule has 0 amide bonds. The van der Waals surface area contributed by atoms with Crippen LogP contribution in [-0.4, -0.2) is 30.8 Å². The topological polar surface area (TPSA) is 65.9 Å². The van der Waals surface area contributed by atoms with Crippen LogP contribution in [0.2, 0.25) is 0 Å². The molecule has 1 aliphatic rings. The van der Waals surface area contributed by atoms with Crippen LogP contribution in [0, 0.1) is 5.92 Å². The first-order chi connectivity index (χ1) is 11.7. The molecule has 134 valence electrons. The molecule has 0 radical (unpaired) electrons. The molecule has 3 N–H and O–H groups in total. The van der Waals surface area contributed by atoms with Crippen molar-refractivity contribution in [2.75, 3.05) is 13.7 Å². The van der Waals surface area contributed by atoms with Gasteiger partial charge in [0.25, 0.3) is 0 Å². The smallest absolute Gasteiger partial charge is 0.191 e. The standard InChI is InChI=1S/C19H31N3O2/c1-4-14-6-9-16(10-7-14)22-19(20-5-2)21-13-15-8-11-18(24-3)17(23)12-15/h8,11-12,14,16,23H,4-7,9-10,13H2,1-3H3,(H2,20,21,22). The Labute approximate surface area is 145 Å². The third-order valence-corrected chi connectivity index (χ3v) is 4.77. The van der Waals surface area contributed by atoms with Gasteiger partial charge in [-0.25, -0.2) is 4.99 Å². The largest absolute Gasteiger partial charge is 0.504 e. The van der Waals surface area contributed by atoms with Crippen LogP contribution in [0.3, 0.4) is 0 Å². The van der Waals surface area contributed by atoms with Crippen molar-refractivity contribution in [2.45, 2.75) is 58.5 Å². The number of aliphatic imine (C=N–C) groups is 1. The van der Waals surface area contributed by atoms with E-state index < -0.39 is 0 Å². The Morgan fingerprint density at radius 1 is 1.25 bits per heavy atom. The molecular weight excluding hydrogens is 302 g/mol. The highest BCUT2D eigenvalue weighted by atomic mass is 16.5. The normalized spacial score (nSPS) is 21.4. The highest BCUT2D eigenvalue weighted by Gasteiger charge is 2.20. The van der Waals surface area contributed by atoms with Gasteiger partial charge in [0.05, 0.1) is 13.7 Å². The fourth-order valence-corrected chi connectivity index (χ4v) is 3.23. The summed E-state index contributed by atoms with van der Waals surface area (Å²) in [5.41, 5.74) is 0.959. The maximum atomic E-state index is 9.86. The van der Waals surface area contributed by atoms with E-state index in [2.05, 4.69) is 29.5 Å². The second-order valence-corrected chi connectivity index (χ2v) is 6.47. The molecule has 0 spiro atoms. The van der Waals surface area contributed by atoms with Gasteiger partial charge in [-0.2, -0.15) is 0 Å². The Morgan fingerprint density at radius 3 is 2.58 bits per heavy atom. The van der Waals surface area contributed by atoms with Gasteiger partial charge in [-0.05, 0) is 56.2 Å². The van der Waals surface area contributed by atoms with Crippen molar-refractivity contribution in [1.29, 1.82) is 0 Å². The van der Waals surface area contributed by atoms with E-state index in [-0.39, 0.29) is 5.75 Å². The number of ether oxygens (including phenoxy) is 1. The Hall–Kier alpha value is -1.91. The lowest BCUT2D eigenvalue weighted by Crippen LogP contribution is -2.44. The second kappa shape index (κ2) is 9.40. The fraction of sp³-hybridized carbons (Fsp3) is 0.632. The molecule has 0 atom stereocenters. The molecule has 1 saturated carbocycles. The number of nitrogens with one attached hydrogen (secondary N) is 2. The molecule has 5 nitrogen and oxygen atoms in total. The Kier molecular flexibility index (Phi) is 7.22. The number of methoxy groups -OCH3 is 1. The lowest BCUT2D eigenvalue weighted by molar-refractivity contribution is 0.304. The maximum absolute atomic E-state index is 9.86. The first-order valence-corrected chi connectivity index (χ1v) is 9.07. The average Bonchev–Trinajstić information content (AvgIpc) is 2.60. The van der Waals surface area contributed by atoms with E-state index in [4.69, 9.17) is 4.74 Å². The molecule has 0 aromatic heterocycles. The number of hydrogen-bond acceptors (Lipinski definition) is 3. The number of aromatic hydroxyl groups is 1. The average molecular weight is 333 g/mol. The van der Waals surface area contributed by atoms with Crippen molar-refractivity contribution in [3.8, 4) is 11.5 Å². The van der Waals surface area contributed by atoms with Gasteiger partial charge in [-0.15, -0.1) is 0 Å². The molecule has 1 aromatic carbocycles. The quantitative estimate of drug-likeness (QED) is 0.551. The summed E-state index contributed by atoms with van der Waals surface area (Å²) in [6.07, 6.45) is 6.33. The third-order valence-electron chi connectivity index (χ3n) is 4.77. The molecule has 0 unspecified atom stereocenters. The summed E-state index contributed by atoms with van der Waals surface area (Å²) < 4.78 is 5.07. The summed E-state index contributed by atoms with van der Waals surface area (Å²) in [5, 5.41) is 16.7. The van der Waals surface area contributed by atoms with Crippen LogP contribution in [0.5, 0.6) is 11.5 Å². The van der Waals surface area contributed by atoms with Gasteiger partial charge in [0, 0.05) is 12.6 Å². The summed E-state index contributed by atoms with van der Waals surface area (Å²) in [7, 11) is 1.55. The van der Waals surface area contributed by atoms with E-state index >= 15 is 0 Å². The summed E-state index contributed by atoms with van der Waals surface area (Å²) in [6.45, 7) is 5.72. The number of rotatable bonds is 6. The van der Waals surface area contributed by atoms with Gasteiger partial charge in [0.2, 0.25) is 0 Å². The van der Waals surface area contributed by atoms with Gasteiger partial charge < -0.3 is 20.5 Å². The molecule has 5 heteroatoms. The van der Waals surface area contributed by atoms with Crippen molar-refractivity contribution in [3.05, 3.63) is 23.8 Å². The van der Waals surface area contributed by atoms with Crippen molar-refractivity contribution in [2.24, 2.45) is 10.9 Å². The number of guanidine groups is 1. The van der Waals surface area contributed by atoms with E-state index in [9.17, 15) is 5.11 Å². The second-order valence-electron chi connectivity index (χ2n) is 6.47. The molecule has 0 aliphatic heterocycles. The first kappa shape index (κ1) is 18.4. The fourth-order valence-electron chi connectivity index (χ4n) is 3.23. The van der Waals surface area contributed by atoms with Crippen LogP contribution in [-0.2, 0) is 6.54 Å². The number of benzene rings is 1. The molecule has 0 saturated heterocycles. The van der Waals surface area contributed by atoms with Crippen LogP contribution in [0.1, 0.15) is 51.5 Å². The molecule has 0 heterocycles. The minimum Gasteiger partial charge on any atom is -0.504 e. The van der Waals surface area contributed by atoms with Crippen LogP contribution < -0.4 is 15.4 Å². The number of nitrogens with zero attached hydrogens (tertiary/aromatic N) is 1. The minimum absolute atomic E-state index is 0.154. The Bertz CT molecular complexity index is 537. The van der Waals surface area contributed by atoms with Crippen LogP contribution in [0.15, 0.2) is 23.2 Å². The molecule has 24 heavy (non-hydrogen) atoms. The highest BCUT2D eigenvalue weighted by molar-refractivity contribution is 5.80. The summed E-state index contributed by atoms with van der Waals surface area (Å²) in [6, 6.07) is 5.91. The van der Waals surface area contributed by atoms with Crippen LogP contribution in [0.25, 0.3) is 0 Å². The predicted octanol–water partition coefficient (Wildman–Crippen LogP) is 3.42. The van der Waals surface area contributed by atoms with Crippen molar-refractivity contribution >= 4 is 5.96 Å². The number of hydrogen-bond donors (Lipinski definition) is 3. The monoisotopic (exact) mass is 333 g/mol. The Balaban J connectivity index is 1.94. The zero-order valence-corrected chi connectivity index (χ0v) is 15.1. The van der Waals surface area contributed by atoms with Crippen molar-refractivity contribution in [1.82, 2.24) is 10.6 Å². The van der Waals surface area contributed by atoms with E-state index in [0.717, 1.165) is 24.0 Å². The van der Waals surface area contributed by atoms with Gasteiger partial charge in [0.1, 0.15) is 0 Å². The third kappa shape index (κ3) is 5.32. The molecule has 0 bridgehead atoms. The Morgan fingerprint density at radius 2 is 2.00 bits per heavy atom. The summed E-state index contributed by atoms with van der Waals surface area (Å²) >= 11 is 0. The minimum atomic E-state index is 0.154. The molecule has 1 aliphatic carbocycles. The number of phenolic OH excluding ortho intramolecular Hbond substituents is 1. The van der Waals surface area contributed by atoms with Gasteiger partial charge in [-0.3, -0.25) is 0 Å². The van der Waals surface area contributed by atoms with Gasteiger partial charge in [0.15, 0.2) is 17.5 Å². The maximum Gasteiger partial charge on any atom is 0.191 e. The van der Waals surface area contributed by atoms with E-state index in [1.54, 1.807) is 19.2 Å². The summed E-state index contributed by atoms with van der Waals surface area (Å²) in [4.78, 5) is 4.66. The molecule has 2 rings (SSSR count). The summed E-state index contributed by atoms with van der Waals surface area (Å²) in [5.74, 6) is 2.39. The zero-order valence-electron chi connectivity index (χ0n) is 15.1. The van der Waals surface area contributed by atoms with Gasteiger partial charge in [-0.1, -0.05) is 19.4 Å². The molecule has 1 aromatic rings. The lowest BCUT2D eigenvalue weighted by atomic mass is 9.84. The van der Waals surface area contributed by atoms with E-state index in [1.165, 1.54) is 32.1 Å². The van der Waals surface area contributed by atoms with Crippen LogP contribution >= 0.6 is 0 Å². The lowest BCUT2D eigenvalue weighted by Gasteiger charge is -2.29. The molecular formula is C19H31N3O2. The highest BCUT2D eigenvalue weighted by Crippen LogP contribution is 2.27. The van der Waals surface area contributed by atoms with E-state index in [0.29, 0.717) is 18.3 Å². The zero-order chi connectivity index (χ0) is 17.4. The van der Waals surface area contributed by atoms with Crippen LogP contribution in [0.4, 0.5) is 0 Å². The predicted molar refractivity (Wildman–Crippen MR) is 98.6 cm³/mol. The van der Waals surface area contributed by atoms with Crippen molar-refractivity contribution in [3.63, 3.8) is 0 Å². The van der Waals surface area contributed by atoms with Crippen molar-refractivity contribution < 1.29 is 9.84 Å². The first-order valence-electron chi connectivity index (χ1n) is 9.07. The van der Waals surface area contributed by atoms with Gasteiger partial charge >= 0.3 is 0 Å². The number of phenols is 1. The molecule has 1 fully saturated rings. The SMILES string of the molecule is CCNC(=NCc1ccc(OC)c(O)c1)NC1CCC(CC)CC1.